The van der Waals surface area contributed by atoms with Gasteiger partial charge in [0.05, 0.1) is 15.6 Å². The number of carbonyl (C=O) groups excluding carboxylic acids is 1. The van der Waals surface area contributed by atoms with Gasteiger partial charge in [0.15, 0.2) is 0 Å². The first-order chi connectivity index (χ1) is 14.7. The van der Waals surface area contributed by atoms with Crippen LogP contribution in [0.15, 0.2) is 58.8 Å². The van der Waals surface area contributed by atoms with Crippen molar-refractivity contribution < 1.29 is 13.2 Å². The zero-order valence-corrected chi connectivity index (χ0v) is 19.5. The van der Waals surface area contributed by atoms with Crippen molar-refractivity contribution in [2.24, 2.45) is 5.92 Å². The third kappa shape index (κ3) is 6.72. The fourth-order valence-corrected chi connectivity index (χ4v) is 4.76. The van der Waals surface area contributed by atoms with Gasteiger partial charge in [0, 0.05) is 29.6 Å². The van der Waals surface area contributed by atoms with E-state index in [0.29, 0.717) is 19.4 Å². The Morgan fingerprint density at radius 1 is 1.13 bits per heavy atom. The molecule has 3 aromatic rings. The first-order valence-corrected chi connectivity index (χ1v) is 12.5. The monoisotopic (exact) mass is 457 g/mol. The SMILES string of the molecule is Cc1nc(-c2cccc(NC(=O)CCc3ccc(S(=O)(=O)NCC(C)C)cc3)c2)cs1. The van der Waals surface area contributed by atoms with Crippen molar-refractivity contribution >= 4 is 33.0 Å². The van der Waals surface area contributed by atoms with Gasteiger partial charge in [-0.3, -0.25) is 4.79 Å². The maximum Gasteiger partial charge on any atom is 0.240 e. The van der Waals surface area contributed by atoms with Crippen molar-refractivity contribution in [3.8, 4) is 11.3 Å². The minimum atomic E-state index is -3.50. The fourth-order valence-electron chi connectivity index (χ4n) is 2.93. The van der Waals surface area contributed by atoms with E-state index in [-0.39, 0.29) is 16.7 Å². The predicted octanol–water partition coefficient (Wildman–Crippen LogP) is 4.62. The van der Waals surface area contributed by atoms with Crippen LogP contribution >= 0.6 is 11.3 Å². The highest BCUT2D eigenvalue weighted by molar-refractivity contribution is 7.89. The zero-order valence-electron chi connectivity index (χ0n) is 17.9. The van der Waals surface area contributed by atoms with E-state index in [0.717, 1.165) is 27.5 Å². The Hall–Kier alpha value is -2.55. The van der Waals surface area contributed by atoms with Crippen molar-refractivity contribution in [1.29, 1.82) is 0 Å². The van der Waals surface area contributed by atoms with Gasteiger partial charge in [0.1, 0.15) is 0 Å². The van der Waals surface area contributed by atoms with Crippen LogP contribution in [-0.2, 0) is 21.2 Å². The van der Waals surface area contributed by atoms with Gasteiger partial charge in [-0.15, -0.1) is 11.3 Å². The number of aromatic nitrogens is 1. The smallest absolute Gasteiger partial charge is 0.240 e. The van der Waals surface area contributed by atoms with Crippen molar-refractivity contribution in [3.63, 3.8) is 0 Å². The molecule has 0 saturated heterocycles. The molecule has 2 N–H and O–H groups in total. The zero-order chi connectivity index (χ0) is 22.4. The average molecular weight is 458 g/mol. The lowest BCUT2D eigenvalue weighted by Gasteiger charge is -2.10. The standard InChI is InChI=1S/C23H27N3O3S2/c1-16(2)14-24-31(28,29)21-10-7-18(8-11-21)9-12-23(27)26-20-6-4-5-19(13-20)22-15-30-17(3)25-22/h4-8,10-11,13,15-16,24H,9,12,14H2,1-3H3,(H,26,27). The number of nitrogens with one attached hydrogen (secondary N) is 2. The van der Waals surface area contributed by atoms with E-state index in [4.69, 9.17) is 0 Å². The summed E-state index contributed by atoms with van der Waals surface area (Å²) in [6.07, 6.45) is 0.828. The number of amides is 1. The van der Waals surface area contributed by atoms with Crippen LogP contribution < -0.4 is 10.0 Å². The van der Waals surface area contributed by atoms with Crippen LogP contribution in [0.2, 0.25) is 0 Å². The summed E-state index contributed by atoms with van der Waals surface area (Å²) in [4.78, 5) is 17.1. The number of anilines is 1. The molecule has 0 saturated carbocycles. The summed E-state index contributed by atoms with van der Waals surface area (Å²) >= 11 is 1.59. The van der Waals surface area contributed by atoms with Gasteiger partial charge in [0.25, 0.3) is 0 Å². The lowest BCUT2D eigenvalue weighted by Crippen LogP contribution is -2.27. The molecule has 2 aromatic carbocycles. The minimum Gasteiger partial charge on any atom is -0.326 e. The van der Waals surface area contributed by atoms with Crippen LogP contribution in [0, 0.1) is 12.8 Å². The van der Waals surface area contributed by atoms with Crippen molar-refractivity contribution in [1.82, 2.24) is 9.71 Å². The Morgan fingerprint density at radius 3 is 2.52 bits per heavy atom. The first kappa shape index (κ1) is 23.1. The highest BCUT2D eigenvalue weighted by Crippen LogP contribution is 2.24. The quantitative estimate of drug-likeness (QED) is 0.491. The van der Waals surface area contributed by atoms with Gasteiger partial charge >= 0.3 is 0 Å². The molecule has 1 amide bonds. The lowest BCUT2D eigenvalue weighted by atomic mass is 10.1. The summed E-state index contributed by atoms with van der Waals surface area (Å²) in [7, 11) is -3.50. The van der Waals surface area contributed by atoms with E-state index >= 15 is 0 Å². The molecule has 6 nitrogen and oxygen atoms in total. The molecule has 164 valence electrons. The molecule has 0 aliphatic heterocycles. The molecule has 0 aliphatic rings. The number of nitrogens with zero attached hydrogens (tertiary/aromatic N) is 1. The van der Waals surface area contributed by atoms with Gasteiger partial charge in [0.2, 0.25) is 15.9 Å². The second kappa shape index (κ2) is 10.2. The predicted molar refractivity (Wildman–Crippen MR) is 126 cm³/mol. The molecule has 3 rings (SSSR count). The first-order valence-electron chi connectivity index (χ1n) is 10.1. The molecule has 0 radical (unpaired) electrons. The van der Waals surface area contributed by atoms with E-state index in [1.54, 1.807) is 35.6 Å². The third-order valence-corrected chi connectivity index (χ3v) is 6.83. The summed E-state index contributed by atoms with van der Waals surface area (Å²) in [6, 6.07) is 14.3. The molecule has 0 spiro atoms. The van der Waals surface area contributed by atoms with Crippen molar-refractivity contribution in [2.75, 3.05) is 11.9 Å². The summed E-state index contributed by atoms with van der Waals surface area (Å²) in [5, 5.41) is 5.92. The largest absolute Gasteiger partial charge is 0.326 e. The third-order valence-electron chi connectivity index (χ3n) is 4.62. The molecule has 0 bridgehead atoms. The lowest BCUT2D eigenvalue weighted by molar-refractivity contribution is -0.116. The topological polar surface area (TPSA) is 88.2 Å². The molecular weight excluding hydrogens is 430 g/mol. The molecule has 1 heterocycles. The molecule has 31 heavy (non-hydrogen) atoms. The Kier molecular flexibility index (Phi) is 7.59. The molecule has 1 aromatic heterocycles. The maximum atomic E-state index is 12.4. The van der Waals surface area contributed by atoms with Crippen LogP contribution in [0.3, 0.4) is 0 Å². The highest BCUT2D eigenvalue weighted by Gasteiger charge is 2.14. The number of benzene rings is 2. The highest BCUT2D eigenvalue weighted by atomic mass is 32.2. The normalized spacial score (nSPS) is 11.6. The van der Waals surface area contributed by atoms with Crippen molar-refractivity contribution in [3.05, 3.63) is 64.5 Å². The summed E-state index contributed by atoms with van der Waals surface area (Å²) < 4.78 is 27.1. The molecule has 0 fully saturated rings. The molecule has 8 heteroatoms. The number of sulfonamides is 1. The van der Waals surface area contributed by atoms with Gasteiger partial charge < -0.3 is 5.32 Å². The van der Waals surface area contributed by atoms with Crippen LogP contribution in [0.25, 0.3) is 11.3 Å². The minimum absolute atomic E-state index is 0.0955. The van der Waals surface area contributed by atoms with Gasteiger partial charge in [-0.05, 0) is 49.1 Å². The van der Waals surface area contributed by atoms with Crippen LogP contribution in [0.1, 0.15) is 30.8 Å². The molecule has 0 unspecified atom stereocenters. The van der Waals surface area contributed by atoms with Crippen molar-refractivity contribution in [2.45, 2.75) is 38.5 Å². The second-order valence-corrected chi connectivity index (χ2v) is 10.6. The summed E-state index contributed by atoms with van der Waals surface area (Å²) in [5.74, 6) is 0.140. The maximum absolute atomic E-state index is 12.4. The van der Waals surface area contributed by atoms with Gasteiger partial charge in [-0.1, -0.05) is 38.1 Å². The van der Waals surface area contributed by atoms with Gasteiger partial charge in [-0.25, -0.2) is 18.1 Å². The van der Waals surface area contributed by atoms with Gasteiger partial charge in [-0.2, -0.15) is 0 Å². The van der Waals surface area contributed by atoms with Crippen LogP contribution in [-0.4, -0.2) is 25.9 Å². The number of thiazole rings is 1. The number of hydrogen-bond donors (Lipinski definition) is 2. The summed E-state index contributed by atoms with van der Waals surface area (Å²) in [6.45, 7) is 6.26. The fraction of sp³-hybridized carbons (Fsp3) is 0.304. The van der Waals surface area contributed by atoms with E-state index in [1.165, 1.54) is 0 Å². The summed E-state index contributed by atoms with van der Waals surface area (Å²) in [5.41, 5.74) is 3.50. The molecule has 0 atom stereocenters. The van der Waals surface area contributed by atoms with E-state index in [2.05, 4.69) is 15.0 Å². The number of hydrogen-bond acceptors (Lipinski definition) is 5. The number of aryl methyl sites for hydroxylation is 2. The Balaban J connectivity index is 1.55. The second-order valence-electron chi connectivity index (χ2n) is 7.77. The average Bonchev–Trinajstić information content (AvgIpc) is 3.18. The Labute approximate surface area is 187 Å². The Morgan fingerprint density at radius 2 is 1.87 bits per heavy atom. The molecule has 0 aliphatic carbocycles. The Bertz CT molecular complexity index is 1140. The number of rotatable bonds is 9. The number of carbonyl (C=O) groups is 1. The molecular formula is C23H27N3O3S2. The van der Waals surface area contributed by atoms with Crippen LogP contribution in [0.4, 0.5) is 5.69 Å². The van der Waals surface area contributed by atoms with E-state index < -0.39 is 10.0 Å². The van der Waals surface area contributed by atoms with E-state index in [1.807, 2.05) is 50.4 Å². The van der Waals surface area contributed by atoms with E-state index in [9.17, 15) is 13.2 Å². The van der Waals surface area contributed by atoms with Crippen LogP contribution in [0.5, 0.6) is 0 Å².